The maximum atomic E-state index is 5.69. The Bertz CT molecular complexity index is 527. The van der Waals surface area contributed by atoms with Crippen LogP contribution in [0.2, 0.25) is 0 Å². The predicted octanol–water partition coefficient (Wildman–Crippen LogP) is 2.76. The van der Waals surface area contributed by atoms with Crippen LogP contribution in [0.15, 0.2) is 16.2 Å². The van der Waals surface area contributed by atoms with Crippen LogP contribution in [0.25, 0.3) is 0 Å². The smallest absolute Gasteiger partial charge is 0.146 e. The summed E-state index contributed by atoms with van der Waals surface area (Å²) in [4.78, 5) is 12.5. The first-order valence-corrected chi connectivity index (χ1v) is 6.69. The van der Waals surface area contributed by atoms with Crippen LogP contribution >= 0.6 is 27.3 Å². The highest BCUT2D eigenvalue weighted by atomic mass is 79.9. The summed E-state index contributed by atoms with van der Waals surface area (Å²) >= 11 is 4.98. The quantitative estimate of drug-likeness (QED) is 0.911. The van der Waals surface area contributed by atoms with Gasteiger partial charge in [0.2, 0.25) is 0 Å². The summed E-state index contributed by atoms with van der Waals surface area (Å²) in [5.41, 5.74) is 6.72. The Morgan fingerprint density at radius 3 is 2.88 bits per heavy atom. The number of aryl methyl sites for hydroxylation is 1. The number of nitrogens with two attached hydrogens (primary N) is 1. The Labute approximate surface area is 112 Å². The van der Waals surface area contributed by atoms with E-state index in [0.717, 1.165) is 10.7 Å². The van der Waals surface area contributed by atoms with E-state index in [1.54, 1.807) is 11.3 Å². The van der Waals surface area contributed by atoms with Crippen molar-refractivity contribution in [1.82, 2.24) is 15.0 Å². The molecule has 0 amide bonds. The van der Waals surface area contributed by atoms with Crippen molar-refractivity contribution in [2.24, 2.45) is 0 Å². The lowest BCUT2D eigenvalue weighted by Crippen LogP contribution is -2.09. The van der Waals surface area contributed by atoms with Crippen molar-refractivity contribution in [3.63, 3.8) is 0 Å². The van der Waals surface area contributed by atoms with Gasteiger partial charge in [-0.3, -0.25) is 0 Å². The van der Waals surface area contributed by atoms with Gasteiger partial charge in [-0.2, -0.15) is 0 Å². The van der Waals surface area contributed by atoms with Gasteiger partial charge in [-0.1, -0.05) is 0 Å². The molecule has 2 rings (SSSR count). The number of hydrogen-bond acceptors (Lipinski definition) is 6. The molecule has 0 saturated carbocycles. The number of anilines is 2. The van der Waals surface area contributed by atoms with Gasteiger partial charge in [-0.25, -0.2) is 15.0 Å². The fraction of sp³-hybridized carbons (Fsp3) is 0.300. The molecule has 5 nitrogen and oxygen atoms in total. The number of hydrogen-bond donors (Lipinski definition) is 2. The van der Waals surface area contributed by atoms with Crippen LogP contribution in [0.5, 0.6) is 0 Å². The minimum absolute atomic E-state index is 0.0827. The summed E-state index contributed by atoms with van der Waals surface area (Å²) in [6, 6.07) is 0.0827. The van der Waals surface area contributed by atoms with Gasteiger partial charge >= 0.3 is 0 Å². The maximum absolute atomic E-state index is 5.69. The number of nitrogens with one attached hydrogen (secondary N) is 1. The summed E-state index contributed by atoms with van der Waals surface area (Å²) in [5.74, 6) is 1.10. The fourth-order valence-electron chi connectivity index (χ4n) is 1.32. The minimum atomic E-state index is 0.0827. The van der Waals surface area contributed by atoms with Gasteiger partial charge < -0.3 is 11.1 Å². The lowest BCUT2D eigenvalue weighted by Gasteiger charge is -2.13. The number of nitrogens with zero attached hydrogens (tertiary/aromatic N) is 3. The average molecular weight is 314 g/mol. The van der Waals surface area contributed by atoms with Crippen LogP contribution in [0.1, 0.15) is 23.7 Å². The lowest BCUT2D eigenvalue weighted by molar-refractivity contribution is 0.852. The van der Waals surface area contributed by atoms with E-state index in [2.05, 4.69) is 36.2 Å². The number of aromatic nitrogens is 3. The molecule has 3 N–H and O–H groups in total. The molecule has 90 valence electrons. The molecule has 2 aromatic heterocycles. The molecule has 0 aliphatic rings. The summed E-state index contributed by atoms with van der Waals surface area (Å²) in [7, 11) is 0. The van der Waals surface area contributed by atoms with Gasteiger partial charge in [0, 0.05) is 11.1 Å². The molecule has 0 aromatic carbocycles. The third kappa shape index (κ3) is 2.73. The zero-order valence-corrected chi connectivity index (χ0v) is 11.8. The Balaban J connectivity index is 2.18. The van der Waals surface area contributed by atoms with Gasteiger partial charge in [-0.05, 0) is 29.8 Å². The van der Waals surface area contributed by atoms with Gasteiger partial charge in [0.15, 0.2) is 0 Å². The Hall–Kier alpha value is -1.21. The van der Waals surface area contributed by atoms with Gasteiger partial charge in [0.25, 0.3) is 0 Å². The largest absolute Gasteiger partial charge is 0.383 e. The summed E-state index contributed by atoms with van der Waals surface area (Å²) in [5, 5.41) is 6.30. The molecule has 2 aromatic rings. The predicted molar refractivity (Wildman–Crippen MR) is 73.0 cm³/mol. The van der Waals surface area contributed by atoms with Crippen LogP contribution in [-0.2, 0) is 0 Å². The molecule has 1 unspecified atom stereocenters. The van der Waals surface area contributed by atoms with Gasteiger partial charge in [-0.15, -0.1) is 11.3 Å². The second-order valence-electron chi connectivity index (χ2n) is 3.61. The number of rotatable bonds is 3. The molecule has 0 aliphatic carbocycles. The molecule has 17 heavy (non-hydrogen) atoms. The normalized spacial score (nSPS) is 12.4. The zero-order valence-electron chi connectivity index (χ0n) is 9.44. The summed E-state index contributed by atoms with van der Waals surface area (Å²) < 4.78 is 0.681. The van der Waals surface area contributed by atoms with E-state index in [4.69, 9.17) is 5.73 Å². The Morgan fingerprint density at radius 1 is 1.47 bits per heavy atom. The van der Waals surface area contributed by atoms with Gasteiger partial charge in [0.05, 0.1) is 6.04 Å². The van der Waals surface area contributed by atoms with Crippen molar-refractivity contribution in [2.45, 2.75) is 19.9 Å². The van der Waals surface area contributed by atoms with Crippen molar-refractivity contribution in [3.8, 4) is 0 Å². The fourth-order valence-corrected chi connectivity index (χ4v) is 2.44. The second kappa shape index (κ2) is 4.97. The first-order chi connectivity index (χ1) is 8.08. The van der Waals surface area contributed by atoms with E-state index in [0.29, 0.717) is 16.1 Å². The van der Waals surface area contributed by atoms with Crippen LogP contribution in [0.3, 0.4) is 0 Å². The van der Waals surface area contributed by atoms with Crippen molar-refractivity contribution in [2.75, 3.05) is 11.1 Å². The second-order valence-corrected chi connectivity index (χ2v) is 5.30. The molecule has 1 atom stereocenters. The summed E-state index contributed by atoms with van der Waals surface area (Å²) in [6.07, 6.45) is 1.43. The van der Waals surface area contributed by atoms with Crippen LogP contribution in [0.4, 0.5) is 11.6 Å². The van der Waals surface area contributed by atoms with E-state index >= 15 is 0 Å². The van der Waals surface area contributed by atoms with E-state index in [-0.39, 0.29) is 6.04 Å². The maximum Gasteiger partial charge on any atom is 0.146 e. The molecule has 0 saturated heterocycles. The zero-order chi connectivity index (χ0) is 12.4. The van der Waals surface area contributed by atoms with E-state index < -0.39 is 0 Å². The average Bonchev–Trinajstić information content (AvgIpc) is 2.72. The van der Waals surface area contributed by atoms with E-state index in [9.17, 15) is 0 Å². The van der Waals surface area contributed by atoms with Crippen molar-refractivity contribution in [1.29, 1.82) is 0 Å². The third-order valence-electron chi connectivity index (χ3n) is 2.18. The van der Waals surface area contributed by atoms with E-state index in [1.807, 2.05) is 19.2 Å². The van der Waals surface area contributed by atoms with Crippen molar-refractivity contribution < 1.29 is 0 Å². The van der Waals surface area contributed by atoms with Crippen LogP contribution in [0, 0.1) is 6.92 Å². The monoisotopic (exact) mass is 313 g/mol. The molecule has 0 radical (unpaired) electrons. The van der Waals surface area contributed by atoms with Crippen LogP contribution in [-0.4, -0.2) is 15.0 Å². The molecule has 2 heterocycles. The topological polar surface area (TPSA) is 76.7 Å². The third-order valence-corrected chi connectivity index (χ3v) is 4.10. The highest BCUT2D eigenvalue weighted by Gasteiger charge is 2.13. The van der Waals surface area contributed by atoms with Crippen molar-refractivity contribution in [3.05, 3.63) is 26.9 Å². The van der Waals surface area contributed by atoms with E-state index in [1.165, 1.54) is 6.33 Å². The minimum Gasteiger partial charge on any atom is -0.383 e. The number of nitrogen functional groups attached to an aromatic ring is 1. The van der Waals surface area contributed by atoms with Crippen molar-refractivity contribution >= 4 is 38.9 Å². The molecule has 0 aliphatic heterocycles. The molecule has 0 fully saturated rings. The molecule has 7 heteroatoms. The SMILES string of the molecule is Cc1csc(C(C)Nc2ncnc(N)c2Br)n1. The standard InChI is InChI=1S/C10H12BrN5S/c1-5-3-17-10(15-5)6(2)16-9-7(11)8(12)13-4-14-9/h3-4,6H,1-2H3,(H3,12,13,14,16). The first kappa shape index (κ1) is 12.3. The Morgan fingerprint density at radius 2 is 2.24 bits per heavy atom. The molecular formula is C10H12BrN5S. The summed E-state index contributed by atoms with van der Waals surface area (Å²) in [6.45, 7) is 4.01. The molecule has 0 bridgehead atoms. The lowest BCUT2D eigenvalue weighted by atomic mass is 10.3. The number of halogens is 1. The molecular weight excluding hydrogens is 302 g/mol. The van der Waals surface area contributed by atoms with Gasteiger partial charge in [0.1, 0.15) is 27.4 Å². The Kier molecular flexibility index (Phi) is 3.58. The first-order valence-electron chi connectivity index (χ1n) is 5.02. The van der Waals surface area contributed by atoms with Crippen LogP contribution < -0.4 is 11.1 Å². The number of thiazole rings is 1. The molecule has 0 spiro atoms. The highest BCUT2D eigenvalue weighted by molar-refractivity contribution is 9.10. The highest BCUT2D eigenvalue weighted by Crippen LogP contribution is 2.28.